The third-order valence-corrected chi connectivity index (χ3v) is 4.97. The molecule has 4 rings (SSSR count). The number of benzene rings is 2. The molecule has 0 saturated heterocycles. The molecule has 3 aromatic rings. The number of rotatable bonds is 2. The van der Waals surface area contributed by atoms with Crippen LogP contribution in [0.1, 0.15) is 27.2 Å². The Bertz CT molecular complexity index is 1070. The molecule has 2 N–H and O–H groups in total. The summed E-state index contributed by atoms with van der Waals surface area (Å²) in [6, 6.07) is 12.8. The van der Waals surface area contributed by atoms with E-state index in [0.29, 0.717) is 35.1 Å². The van der Waals surface area contributed by atoms with Crippen molar-refractivity contribution in [3.63, 3.8) is 0 Å². The van der Waals surface area contributed by atoms with Crippen LogP contribution in [0.3, 0.4) is 0 Å². The fourth-order valence-electron chi connectivity index (χ4n) is 3.66. The van der Waals surface area contributed by atoms with Crippen LogP contribution in [0.25, 0.3) is 10.9 Å². The van der Waals surface area contributed by atoms with E-state index in [1.165, 1.54) is 17.0 Å². The van der Waals surface area contributed by atoms with Gasteiger partial charge < -0.3 is 10.6 Å². The maximum absolute atomic E-state index is 13.6. The van der Waals surface area contributed by atoms with Crippen LogP contribution in [-0.2, 0) is 17.8 Å². The summed E-state index contributed by atoms with van der Waals surface area (Å²) in [4.78, 5) is 31.2. The number of carbonyl (C=O) groups is 2. The van der Waals surface area contributed by atoms with Gasteiger partial charge in [0.1, 0.15) is 11.9 Å². The molecule has 0 bridgehead atoms. The van der Waals surface area contributed by atoms with Crippen molar-refractivity contribution in [1.82, 2.24) is 9.88 Å². The van der Waals surface area contributed by atoms with Crippen LogP contribution in [0, 0.1) is 12.7 Å². The van der Waals surface area contributed by atoms with Crippen molar-refractivity contribution in [1.29, 1.82) is 0 Å². The molecule has 0 spiro atoms. The zero-order chi connectivity index (χ0) is 19.1. The molecule has 0 saturated carbocycles. The highest BCUT2D eigenvalue weighted by atomic mass is 19.1. The first-order valence-electron chi connectivity index (χ1n) is 8.68. The normalized spacial score (nSPS) is 16.2. The van der Waals surface area contributed by atoms with Crippen molar-refractivity contribution in [2.24, 2.45) is 5.73 Å². The van der Waals surface area contributed by atoms with Gasteiger partial charge in [-0.1, -0.05) is 24.3 Å². The van der Waals surface area contributed by atoms with E-state index >= 15 is 0 Å². The van der Waals surface area contributed by atoms with E-state index in [0.717, 1.165) is 11.1 Å². The molecule has 1 aromatic heterocycles. The molecule has 6 heteroatoms. The van der Waals surface area contributed by atoms with Crippen LogP contribution in [0.15, 0.2) is 48.5 Å². The molecule has 5 nitrogen and oxygen atoms in total. The van der Waals surface area contributed by atoms with Gasteiger partial charge in [-0.25, -0.2) is 4.39 Å². The second kappa shape index (κ2) is 6.46. The lowest BCUT2D eigenvalue weighted by atomic mass is 9.92. The summed E-state index contributed by atoms with van der Waals surface area (Å²) in [6.45, 7) is 2.05. The minimum absolute atomic E-state index is 0.298. The Kier molecular flexibility index (Phi) is 4.11. The van der Waals surface area contributed by atoms with E-state index in [9.17, 15) is 14.0 Å². The van der Waals surface area contributed by atoms with Gasteiger partial charge >= 0.3 is 0 Å². The number of hydrogen-bond donors (Lipinski definition) is 1. The average Bonchev–Trinajstić information content (AvgIpc) is 2.65. The number of primary amides is 1. The fourth-order valence-corrected chi connectivity index (χ4v) is 3.66. The van der Waals surface area contributed by atoms with Crippen LogP contribution in [0.2, 0.25) is 0 Å². The number of amides is 2. The van der Waals surface area contributed by atoms with Crippen LogP contribution < -0.4 is 5.73 Å². The lowest BCUT2D eigenvalue weighted by Crippen LogP contribution is -2.51. The number of nitrogens with zero attached hydrogens (tertiary/aromatic N) is 2. The molecule has 0 aliphatic carbocycles. The molecule has 1 aliphatic rings. The molecule has 1 atom stereocenters. The van der Waals surface area contributed by atoms with Crippen molar-refractivity contribution in [3.8, 4) is 0 Å². The lowest BCUT2D eigenvalue weighted by Gasteiger charge is -2.35. The summed E-state index contributed by atoms with van der Waals surface area (Å²) < 4.78 is 13.6. The molecular weight excluding hydrogens is 345 g/mol. The summed E-state index contributed by atoms with van der Waals surface area (Å²) in [6.07, 6.45) is 0.383. The third-order valence-electron chi connectivity index (χ3n) is 4.97. The van der Waals surface area contributed by atoms with Gasteiger partial charge in [0.2, 0.25) is 5.91 Å². The maximum Gasteiger partial charge on any atom is 0.255 e. The number of aryl methyl sites for hydroxylation is 1. The molecular formula is C21H18FN3O2. The Morgan fingerprint density at radius 3 is 2.63 bits per heavy atom. The minimum atomic E-state index is -0.726. The van der Waals surface area contributed by atoms with E-state index < -0.39 is 17.8 Å². The highest BCUT2D eigenvalue weighted by Crippen LogP contribution is 2.27. The van der Waals surface area contributed by atoms with Gasteiger partial charge in [0.25, 0.3) is 5.91 Å². The number of hydrogen-bond acceptors (Lipinski definition) is 3. The summed E-state index contributed by atoms with van der Waals surface area (Å²) in [5.41, 5.74) is 9.01. The first-order valence-corrected chi connectivity index (χ1v) is 8.68. The Morgan fingerprint density at radius 1 is 1.15 bits per heavy atom. The summed E-state index contributed by atoms with van der Waals surface area (Å²) in [5.74, 6) is -1.27. The molecule has 0 radical (unpaired) electrons. The predicted octanol–water partition coefficient (Wildman–Crippen LogP) is 2.73. The van der Waals surface area contributed by atoms with Crippen LogP contribution in [0.5, 0.6) is 0 Å². The lowest BCUT2D eigenvalue weighted by molar-refractivity contribution is -0.122. The SMILES string of the molecule is Cc1cc(C(=O)N2Cc3ccccc3CC2C(N)=O)c2ccc(F)cc2n1. The van der Waals surface area contributed by atoms with Gasteiger partial charge in [0.05, 0.1) is 11.1 Å². The number of nitrogens with two attached hydrogens (primary N) is 1. The average molecular weight is 363 g/mol. The number of pyridine rings is 1. The first kappa shape index (κ1) is 17.1. The standard InChI is InChI=1S/C21H18FN3O2/c1-12-8-17(16-7-6-15(22)10-18(16)24-12)21(27)25-11-14-5-3-2-4-13(14)9-19(25)20(23)26/h2-8,10,19H,9,11H2,1H3,(H2,23,26). The van der Waals surface area contributed by atoms with Crippen molar-refractivity contribution < 1.29 is 14.0 Å². The van der Waals surface area contributed by atoms with E-state index in [1.54, 1.807) is 19.1 Å². The largest absolute Gasteiger partial charge is 0.368 e. The van der Waals surface area contributed by atoms with Gasteiger partial charge in [-0.3, -0.25) is 14.6 Å². The molecule has 2 aromatic carbocycles. The molecule has 136 valence electrons. The molecule has 2 amide bonds. The highest BCUT2D eigenvalue weighted by Gasteiger charge is 2.34. The molecule has 2 heterocycles. The van der Waals surface area contributed by atoms with E-state index in [2.05, 4.69) is 4.98 Å². The van der Waals surface area contributed by atoms with Crippen molar-refractivity contribution in [2.45, 2.75) is 25.9 Å². The monoisotopic (exact) mass is 363 g/mol. The third kappa shape index (κ3) is 3.03. The van der Waals surface area contributed by atoms with Crippen molar-refractivity contribution in [3.05, 3.63) is 76.7 Å². The Hall–Kier alpha value is -3.28. The van der Waals surface area contributed by atoms with Crippen molar-refractivity contribution in [2.75, 3.05) is 0 Å². The van der Waals surface area contributed by atoms with Crippen LogP contribution in [0.4, 0.5) is 4.39 Å². The summed E-state index contributed by atoms with van der Waals surface area (Å²) in [7, 11) is 0. The maximum atomic E-state index is 13.6. The van der Waals surface area contributed by atoms with Crippen molar-refractivity contribution >= 4 is 22.7 Å². The fraction of sp³-hybridized carbons (Fsp3) is 0.190. The van der Waals surface area contributed by atoms with Gasteiger partial charge in [-0.05, 0) is 36.2 Å². The molecule has 1 unspecified atom stereocenters. The number of aromatic nitrogens is 1. The molecule has 27 heavy (non-hydrogen) atoms. The molecule has 1 aliphatic heterocycles. The quantitative estimate of drug-likeness (QED) is 0.761. The van der Waals surface area contributed by atoms with Gasteiger partial charge in [0, 0.05) is 30.1 Å². The second-order valence-corrected chi connectivity index (χ2v) is 6.80. The van der Waals surface area contributed by atoms with Crippen LogP contribution >= 0.6 is 0 Å². The van der Waals surface area contributed by atoms with E-state index in [4.69, 9.17) is 5.73 Å². The number of halogens is 1. The van der Waals surface area contributed by atoms with E-state index in [-0.39, 0.29) is 5.91 Å². The summed E-state index contributed by atoms with van der Waals surface area (Å²) in [5, 5.41) is 0.550. The Balaban J connectivity index is 1.82. The topological polar surface area (TPSA) is 76.3 Å². The highest BCUT2D eigenvalue weighted by molar-refractivity contribution is 6.07. The minimum Gasteiger partial charge on any atom is -0.368 e. The summed E-state index contributed by atoms with van der Waals surface area (Å²) >= 11 is 0. The van der Waals surface area contributed by atoms with Gasteiger partial charge in [-0.15, -0.1) is 0 Å². The van der Waals surface area contributed by atoms with E-state index in [1.807, 2.05) is 24.3 Å². The number of fused-ring (bicyclic) bond motifs is 2. The Morgan fingerprint density at radius 2 is 1.89 bits per heavy atom. The smallest absolute Gasteiger partial charge is 0.255 e. The van der Waals surface area contributed by atoms with Gasteiger partial charge in [-0.2, -0.15) is 0 Å². The number of carbonyl (C=O) groups excluding carboxylic acids is 2. The molecule has 0 fully saturated rings. The van der Waals surface area contributed by atoms with Gasteiger partial charge in [0.15, 0.2) is 0 Å². The zero-order valence-electron chi connectivity index (χ0n) is 14.8. The predicted molar refractivity (Wildman–Crippen MR) is 99.4 cm³/mol. The first-order chi connectivity index (χ1) is 12.9. The van der Waals surface area contributed by atoms with Crippen LogP contribution in [-0.4, -0.2) is 27.7 Å². The zero-order valence-corrected chi connectivity index (χ0v) is 14.8. The Labute approximate surface area is 155 Å². The second-order valence-electron chi connectivity index (χ2n) is 6.80.